The number of guanidine groups is 1. The second kappa shape index (κ2) is 7.71. The highest BCUT2D eigenvalue weighted by Crippen LogP contribution is 2.08. The third kappa shape index (κ3) is 6.18. The molecule has 5 heteroatoms. The van der Waals surface area contributed by atoms with E-state index in [1.165, 1.54) is 12.1 Å². The SMILES string of the molecule is CCNC(=NCCc1cc(F)cc(F)c1)NC(C)C. The quantitative estimate of drug-likeness (QED) is 0.636. The Kier molecular flexibility index (Phi) is 6.25. The van der Waals surface area contributed by atoms with Crippen LogP contribution < -0.4 is 10.6 Å². The number of rotatable bonds is 5. The molecule has 0 aliphatic carbocycles. The zero-order valence-electron chi connectivity index (χ0n) is 11.6. The van der Waals surface area contributed by atoms with Crippen molar-refractivity contribution in [1.82, 2.24) is 10.6 Å². The Morgan fingerprint density at radius 1 is 1.21 bits per heavy atom. The largest absolute Gasteiger partial charge is 0.357 e. The van der Waals surface area contributed by atoms with Crippen molar-refractivity contribution in [2.75, 3.05) is 13.1 Å². The highest BCUT2D eigenvalue weighted by molar-refractivity contribution is 5.79. The molecule has 0 saturated heterocycles. The third-order valence-electron chi connectivity index (χ3n) is 2.36. The third-order valence-corrected chi connectivity index (χ3v) is 2.36. The summed E-state index contributed by atoms with van der Waals surface area (Å²) in [4.78, 5) is 4.36. The van der Waals surface area contributed by atoms with Gasteiger partial charge in [-0.25, -0.2) is 8.78 Å². The predicted molar refractivity (Wildman–Crippen MR) is 74.3 cm³/mol. The van der Waals surface area contributed by atoms with Crippen LogP contribution in [-0.4, -0.2) is 25.1 Å². The van der Waals surface area contributed by atoms with Gasteiger partial charge in [-0.3, -0.25) is 4.99 Å². The molecular weight excluding hydrogens is 248 g/mol. The van der Waals surface area contributed by atoms with Crippen LogP contribution in [0.15, 0.2) is 23.2 Å². The molecule has 19 heavy (non-hydrogen) atoms. The van der Waals surface area contributed by atoms with Crippen LogP contribution >= 0.6 is 0 Å². The summed E-state index contributed by atoms with van der Waals surface area (Å²) in [5.74, 6) is -0.383. The molecule has 0 aromatic heterocycles. The van der Waals surface area contributed by atoms with Crippen molar-refractivity contribution in [1.29, 1.82) is 0 Å². The van der Waals surface area contributed by atoms with E-state index in [0.717, 1.165) is 18.6 Å². The van der Waals surface area contributed by atoms with Crippen LogP contribution in [0.25, 0.3) is 0 Å². The van der Waals surface area contributed by atoms with E-state index in [0.29, 0.717) is 18.5 Å². The van der Waals surface area contributed by atoms with E-state index in [2.05, 4.69) is 15.6 Å². The Hall–Kier alpha value is -1.65. The molecule has 2 N–H and O–H groups in total. The van der Waals surface area contributed by atoms with Gasteiger partial charge < -0.3 is 10.6 Å². The second-order valence-electron chi connectivity index (χ2n) is 4.59. The molecule has 0 heterocycles. The smallest absolute Gasteiger partial charge is 0.191 e. The lowest BCUT2D eigenvalue weighted by atomic mass is 10.1. The van der Waals surface area contributed by atoms with E-state index in [1.54, 1.807) is 0 Å². The van der Waals surface area contributed by atoms with Crippen molar-refractivity contribution in [3.05, 3.63) is 35.4 Å². The zero-order chi connectivity index (χ0) is 14.3. The summed E-state index contributed by atoms with van der Waals surface area (Å²) in [7, 11) is 0. The second-order valence-corrected chi connectivity index (χ2v) is 4.59. The fraction of sp³-hybridized carbons (Fsp3) is 0.500. The number of nitrogens with one attached hydrogen (secondary N) is 2. The van der Waals surface area contributed by atoms with Crippen LogP contribution in [0, 0.1) is 11.6 Å². The van der Waals surface area contributed by atoms with Crippen molar-refractivity contribution < 1.29 is 8.78 Å². The van der Waals surface area contributed by atoms with Gasteiger partial charge >= 0.3 is 0 Å². The van der Waals surface area contributed by atoms with Crippen LogP contribution in [0.4, 0.5) is 8.78 Å². The lowest BCUT2D eigenvalue weighted by molar-refractivity contribution is 0.579. The summed E-state index contributed by atoms with van der Waals surface area (Å²) < 4.78 is 26.0. The fourth-order valence-corrected chi connectivity index (χ4v) is 1.65. The summed E-state index contributed by atoms with van der Waals surface area (Å²) in [6, 6.07) is 3.82. The number of benzene rings is 1. The standard InChI is InChI=1S/C14H21F2N3/c1-4-17-14(19-10(2)3)18-6-5-11-7-12(15)9-13(16)8-11/h7-10H,4-6H2,1-3H3,(H2,17,18,19). The topological polar surface area (TPSA) is 36.4 Å². The highest BCUT2D eigenvalue weighted by atomic mass is 19.1. The van der Waals surface area contributed by atoms with E-state index in [9.17, 15) is 8.78 Å². The van der Waals surface area contributed by atoms with Gasteiger partial charge in [0.15, 0.2) is 5.96 Å². The maximum absolute atomic E-state index is 13.0. The minimum absolute atomic E-state index is 0.282. The van der Waals surface area contributed by atoms with Crippen LogP contribution in [0.1, 0.15) is 26.3 Å². The summed E-state index contributed by atoms with van der Waals surface area (Å²) in [5.41, 5.74) is 0.613. The molecule has 0 bridgehead atoms. The molecule has 0 saturated carbocycles. The van der Waals surface area contributed by atoms with E-state index < -0.39 is 11.6 Å². The molecule has 0 unspecified atom stereocenters. The normalized spacial score (nSPS) is 11.8. The first kappa shape index (κ1) is 15.4. The maximum Gasteiger partial charge on any atom is 0.191 e. The first-order valence-electron chi connectivity index (χ1n) is 6.51. The van der Waals surface area contributed by atoms with Crippen LogP contribution in [-0.2, 0) is 6.42 Å². The van der Waals surface area contributed by atoms with Crippen LogP contribution in [0.2, 0.25) is 0 Å². The molecule has 1 aromatic carbocycles. The van der Waals surface area contributed by atoms with E-state index in [-0.39, 0.29) is 6.04 Å². The Morgan fingerprint density at radius 3 is 2.37 bits per heavy atom. The summed E-state index contributed by atoms with van der Waals surface area (Å²) in [6.45, 7) is 7.28. The number of hydrogen-bond donors (Lipinski definition) is 2. The molecule has 0 fully saturated rings. The molecular formula is C14H21F2N3. The lowest BCUT2D eigenvalue weighted by Gasteiger charge is -2.13. The van der Waals surface area contributed by atoms with Crippen molar-refractivity contribution >= 4 is 5.96 Å². The fourth-order valence-electron chi connectivity index (χ4n) is 1.65. The molecule has 1 rings (SSSR count). The maximum atomic E-state index is 13.0. The van der Waals surface area contributed by atoms with Crippen molar-refractivity contribution in [2.45, 2.75) is 33.2 Å². The number of nitrogens with zero attached hydrogens (tertiary/aromatic N) is 1. The molecule has 1 aromatic rings. The first-order chi connectivity index (χ1) is 9.01. The molecule has 3 nitrogen and oxygen atoms in total. The average molecular weight is 269 g/mol. The molecule has 0 aliphatic rings. The summed E-state index contributed by atoms with van der Waals surface area (Å²) >= 11 is 0. The Morgan fingerprint density at radius 2 is 1.84 bits per heavy atom. The van der Waals surface area contributed by atoms with Crippen molar-refractivity contribution in [2.24, 2.45) is 4.99 Å². The minimum Gasteiger partial charge on any atom is -0.357 e. The van der Waals surface area contributed by atoms with Gasteiger partial charge in [-0.05, 0) is 44.9 Å². The van der Waals surface area contributed by atoms with E-state index in [4.69, 9.17) is 0 Å². The van der Waals surface area contributed by atoms with Gasteiger partial charge in [0, 0.05) is 25.2 Å². The van der Waals surface area contributed by atoms with Gasteiger partial charge in [-0.2, -0.15) is 0 Å². The van der Waals surface area contributed by atoms with Gasteiger partial charge in [0.25, 0.3) is 0 Å². The van der Waals surface area contributed by atoms with Crippen molar-refractivity contribution in [3.63, 3.8) is 0 Å². The Labute approximate surface area is 113 Å². The number of halogens is 2. The van der Waals surface area contributed by atoms with Crippen LogP contribution in [0.5, 0.6) is 0 Å². The monoisotopic (exact) mass is 269 g/mol. The predicted octanol–water partition coefficient (Wildman–Crippen LogP) is 2.47. The van der Waals surface area contributed by atoms with Gasteiger partial charge in [0.05, 0.1) is 0 Å². The molecule has 0 spiro atoms. The summed E-state index contributed by atoms with van der Waals surface area (Å²) in [6.07, 6.45) is 0.503. The molecule has 0 atom stereocenters. The zero-order valence-corrected chi connectivity index (χ0v) is 11.6. The molecule has 106 valence electrons. The Balaban J connectivity index is 2.58. The molecule has 0 radical (unpaired) electrons. The van der Waals surface area contributed by atoms with Gasteiger partial charge in [0.2, 0.25) is 0 Å². The van der Waals surface area contributed by atoms with Crippen LogP contribution in [0.3, 0.4) is 0 Å². The highest BCUT2D eigenvalue weighted by Gasteiger charge is 2.02. The van der Waals surface area contributed by atoms with Gasteiger partial charge in [-0.15, -0.1) is 0 Å². The Bertz CT molecular complexity index is 410. The molecule has 0 aliphatic heterocycles. The summed E-state index contributed by atoms with van der Waals surface area (Å²) in [5, 5.41) is 6.29. The molecule has 0 amide bonds. The van der Waals surface area contributed by atoms with Crippen molar-refractivity contribution in [3.8, 4) is 0 Å². The van der Waals surface area contributed by atoms with Gasteiger partial charge in [0.1, 0.15) is 11.6 Å². The average Bonchev–Trinajstić information content (AvgIpc) is 2.27. The minimum atomic E-state index is -0.550. The number of hydrogen-bond acceptors (Lipinski definition) is 1. The van der Waals surface area contributed by atoms with E-state index >= 15 is 0 Å². The van der Waals surface area contributed by atoms with E-state index in [1.807, 2.05) is 20.8 Å². The lowest BCUT2D eigenvalue weighted by Crippen LogP contribution is -2.41. The number of aliphatic imine (C=N–C) groups is 1. The van der Waals surface area contributed by atoms with Gasteiger partial charge in [-0.1, -0.05) is 0 Å². The first-order valence-corrected chi connectivity index (χ1v) is 6.51.